The van der Waals surface area contributed by atoms with Crippen LogP contribution in [0.15, 0.2) is 22.8 Å². The number of nitrogens with two attached hydrogens (primary N) is 1. The highest BCUT2D eigenvalue weighted by Gasteiger charge is 2.23. The number of furan rings is 1. The summed E-state index contributed by atoms with van der Waals surface area (Å²) in [5.74, 6) is -0.550. The molecule has 1 heterocycles. The zero-order valence-electron chi connectivity index (χ0n) is 12.0. The summed E-state index contributed by atoms with van der Waals surface area (Å²) in [6.45, 7) is 4.12. The van der Waals surface area contributed by atoms with Gasteiger partial charge in [0.1, 0.15) is 6.10 Å². The third-order valence-electron chi connectivity index (χ3n) is 2.62. The average molecular weight is 315 g/mol. The molecule has 0 aliphatic heterocycles. The maximum atomic E-state index is 11.7. The Morgan fingerprint density at radius 3 is 2.71 bits per heavy atom. The van der Waals surface area contributed by atoms with E-state index < -0.39 is 24.0 Å². The Bertz CT molecular complexity index is 450. The largest absolute Gasteiger partial charge is 0.459 e. The first-order valence-electron chi connectivity index (χ1n) is 6.60. The number of nitrogens with one attached hydrogen (secondary N) is 2. The van der Waals surface area contributed by atoms with Crippen LogP contribution in [-0.4, -0.2) is 40.1 Å². The number of thioether (sulfide) groups is 1. The molecule has 0 spiro atoms. The van der Waals surface area contributed by atoms with E-state index in [1.165, 1.54) is 12.3 Å². The number of hydrazine groups is 1. The van der Waals surface area contributed by atoms with Crippen LogP contribution in [0.1, 0.15) is 30.8 Å². The van der Waals surface area contributed by atoms with Crippen LogP contribution in [0.3, 0.4) is 0 Å². The van der Waals surface area contributed by atoms with Crippen LogP contribution in [0.2, 0.25) is 0 Å². The first kappa shape index (κ1) is 17.5. The van der Waals surface area contributed by atoms with Crippen LogP contribution in [0.25, 0.3) is 0 Å². The number of amides is 2. The van der Waals surface area contributed by atoms with Gasteiger partial charge in [0.25, 0.3) is 5.91 Å². The summed E-state index contributed by atoms with van der Waals surface area (Å²) in [6.07, 6.45) is 0.465. The molecule has 5 N–H and O–H groups in total. The van der Waals surface area contributed by atoms with E-state index in [-0.39, 0.29) is 5.76 Å². The average Bonchev–Trinajstić information content (AvgIpc) is 2.97. The number of hydrogen-bond donors (Lipinski definition) is 4. The second-order valence-electron chi connectivity index (χ2n) is 4.74. The van der Waals surface area contributed by atoms with Gasteiger partial charge in [-0.05, 0) is 29.6 Å². The second-order valence-corrected chi connectivity index (χ2v) is 6.42. The quantitative estimate of drug-likeness (QED) is 0.536. The van der Waals surface area contributed by atoms with Crippen LogP contribution >= 0.6 is 11.8 Å². The summed E-state index contributed by atoms with van der Waals surface area (Å²) >= 11 is 1.70. The van der Waals surface area contributed by atoms with Crippen molar-refractivity contribution in [1.82, 2.24) is 10.9 Å². The number of hydrogen-bond acceptors (Lipinski definition) is 6. The topological polar surface area (TPSA) is 118 Å². The second kappa shape index (κ2) is 8.71. The molecule has 0 aliphatic rings. The minimum absolute atomic E-state index is 0.0578. The van der Waals surface area contributed by atoms with Crippen LogP contribution in [0, 0.1) is 0 Å². The molecule has 2 atom stereocenters. The summed E-state index contributed by atoms with van der Waals surface area (Å²) in [7, 11) is 0. The van der Waals surface area contributed by atoms with E-state index in [0.29, 0.717) is 11.7 Å². The van der Waals surface area contributed by atoms with Crippen molar-refractivity contribution in [2.45, 2.75) is 37.7 Å². The molecule has 2 amide bonds. The zero-order valence-corrected chi connectivity index (χ0v) is 12.9. The van der Waals surface area contributed by atoms with Gasteiger partial charge in [-0.1, -0.05) is 13.8 Å². The van der Waals surface area contributed by atoms with Gasteiger partial charge in [-0.15, -0.1) is 0 Å². The number of aliphatic hydroxyl groups excluding tert-OH is 1. The van der Waals surface area contributed by atoms with Crippen molar-refractivity contribution >= 4 is 23.6 Å². The molecule has 21 heavy (non-hydrogen) atoms. The Kier molecular flexibility index (Phi) is 7.27. The van der Waals surface area contributed by atoms with Gasteiger partial charge < -0.3 is 15.3 Å². The smallest absolute Gasteiger partial charge is 0.305 e. The van der Waals surface area contributed by atoms with Crippen molar-refractivity contribution in [2.75, 3.05) is 5.75 Å². The molecule has 0 radical (unpaired) electrons. The number of carbonyl (C=O) groups is 2. The minimum atomic E-state index is -1.38. The van der Waals surface area contributed by atoms with Gasteiger partial charge in [0.15, 0.2) is 5.76 Å². The maximum absolute atomic E-state index is 11.7. The molecule has 1 rings (SSSR count). The molecule has 0 saturated heterocycles. The van der Waals surface area contributed by atoms with Gasteiger partial charge in [0.05, 0.1) is 6.26 Å². The highest BCUT2D eigenvalue weighted by molar-refractivity contribution is 7.99. The minimum Gasteiger partial charge on any atom is -0.459 e. The van der Waals surface area contributed by atoms with Crippen molar-refractivity contribution in [2.24, 2.45) is 5.73 Å². The predicted molar refractivity (Wildman–Crippen MR) is 80.5 cm³/mol. The van der Waals surface area contributed by atoms with E-state index in [2.05, 4.69) is 24.7 Å². The Morgan fingerprint density at radius 1 is 1.43 bits per heavy atom. The van der Waals surface area contributed by atoms with Crippen molar-refractivity contribution < 1.29 is 19.1 Å². The highest BCUT2D eigenvalue weighted by atomic mass is 32.2. The number of rotatable bonds is 7. The first-order chi connectivity index (χ1) is 9.91. The third kappa shape index (κ3) is 6.19. The SMILES string of the molecule is CC(C)SCC[C@@H](N)C(O)C(=O)NNC(=O)c1ccco1. The lowest BCUT2D eigenvalue weighted by atomic mass is 10.1. The summed E-state index contributed by atoms with van der Waals surface area (Å²) in [5, 5.41) is 10.2. The van der Waals surface area contributed by atoms with E-state index in [9.17, 15) is 14.7 Å². The first-order valence-corrected chi connectivity index (χ1v) is 7.65. The van der Waals surface area contributed by atoms with Crippen LogP contribution in [0.4, 0.5) is 0 Å². The molecule has 0 aromatic carbocycles. The molecule has 7 nitrogen and oxygen atoms in total. The molecule has 0 aliphatic carbocycles. The van der Waals surface area contributed by atoms with E-state index in [1.807, 2.05) is 0 Å². The molecule has 1 aromatic heterocycles. The van der Waals surface area contributed by atoms with Gasteiger partial charge in [-0.25, -0.2) is 0 Å². The van der Waals surface area contributed by atoms with Crippen LogP contribution in [-0.2, 0) is 4.79 Å². The monoisotopic (exact) mass is 315 g/mol. The lowest BCUT2D eigenvalue weighted by Gasteiger charge is -2.18. The molecule has 1 aromatic rings. The van der Waals surface area contributed by atoms with E-state index >= 15 is 0 Å². The molecule has 8 heteroatoms. The lowest BCUT2D eigenvalue weighted by Crippen LogP contribution is -2.52. The van der Waals surface area contributed by atoms with Crippen molar-refractivity contribution in [3.63, 3.8) is 0 Å². The zero-order chi connectivity index (χ0) is 15.8. The Balaban J connectivity index is 2.31. The highest BCUT2D eigenvalue weighted by Crippen LogP contribution is 2.12. The molecule has 0 bridgehead atoms. The van der Waals surface area contributed by atoms with Crippen LogP contribution < -0.4 is 16.6 Å². The number of carbonyl (C=O) groups excluding carboxylic acids is 2. The summed E-state index contributed by atoms with van der Waals surface area (Å²) in [4.78, 5) is 23.2. The molecular weight excluding hydrogens is 294 g/mol. The Labute approximate surface area is 127 Å². The fraction of sp³-hybridized carbons (Fsp3) is 0.538. The standard InChI is InChI=1S/C13H21N3O4S/c1-8(2)21-7-5-9(14)11(17)13(19)16-15-12(18)10-4-3-6-20-10/h3-4,6,8-9,11,17H,5,7,14H2,1-2H3,(H,15,18)(H,16,19)/t9-,11?/m1/s1. The number of aliphatic hydroxyl groups is 1. The fourth-order valence-corrected chi connectivity index (χ4v) is 2.33. The third-order valence-corrected chi connectivity index (χ3v) is 3.76. The molecule has 1 unspecified atom stereocenters. The summed E-state index contributed by atoms with van der Waals surface area (Å²) < 4.78 is 4.86. The predicted octanol–water partition coefficient (Wildman–Crippen LogP) is 0.261. The Hall–Kier alpha value is -1.51. The van der Waals surface area contributed by atoms with Crippen molar-refractivity contribution in [3.05, 3.63) is 24.2 Å². The van der Waals surface area contributed by atoms with Gasteiger partial charge in [0, 0.05) is 6.04 Å². The van der Waals surface area contributed by atoms with Gasteiger partial charge >= 0.3 is 5.91 Å². The lowest BCUT2D eigenvalue weighted by molar-refractivity contribution is -0.131. The van der Waals surface area contributed by atoms with Crippen LogP contribution in [0.5, 0.6) is 0 Å². The van der Waals surface area contributed by atoms with Gasteiger partial charge in [-0.3, -0.25) is 20.4 Å². The maximum Gasteiger partial charge on any atom is 0.305 e. The summed E-state index contributed by atoms with van der Waals surface area (Å²) in [6, 6.07) is 2.32. The normalized spacial score (nSPS) is 13.8. The fourth-order valence-electron chi connectivity index (χ4n) is 1.45. The molecular formula is C13H21N3O4S. The van der Waals surface area contributed by atoms with E-state index in [1.54, 1.807) is 17.8 Å². The Morgan fingerprint density at radius 2 is 2.14 bits per heavy atom. The van der Waals surface area contributed by atoms with Crippen molar-refractivity contribution in [1.29, 1.82) is 0 Å². The van der Waals surface area contributed by atoms with Gasteiger partial charge in [-0.2, -0.15) is 11.8 Å². The van der Waals surface area contributed by atoms with E-state index in [0.717, 1.165) is 5.75 Å². The van der Waals surface area contributed by atoms with E-state index in [4.69, 9.17) is 10.2 Å². The molecule has 0 saturated carbocycles. The molecule has 118 valence electrons. The van der Waals surface area contributed by atoms with Crippen molar-refractivity contribution in [3.8, 4) is 0 Å². The summed E-state index contributed by atoms with van der Waals surface area (Å²) in [5.41, 5.74) is 10.0. The molecule has 0 fully saturated rings. The van der Waals surface area contributed by atoms with Gasteiger partial charge in [0.2, 0.25) is 0 Å².